The van der Waals surface area contributed by atoms with Crippen molar-refractivity contribution in [3.63, 3.8) is 0 Å². The molecule has 0 fully saturated rings. The number of aliphatic hydroxyl groups excluding tert-OH is 1. The third kappa shape index (κ3) is 2.76. The molecule has 0 heterocycles. The van der Waals surface area contributed by atoms with E-state index in [1.165, 1.54) is 0 Å². The first kappa shape index (κ1) is 13.9. The highest BCUT2D eigenvalue weighted by atomic mass is 79.9. The van der Waals surface area contributed by atoms with Gasteiger partial charge in [-0.3, -0.25) is 0 Å². The maximum Gasteiger partial charge on any atom is 0.148 e. The second kappa shape index (κ2) is 5.99. The van der Waals surface area contributed by atoms with Crippen LogP contribution in [0.3, 0.4) is 0 Å². The molecule has 0 aliphatic rings. The Balaban J connectivity index is 3.09. The summed E-state index contributed by atoms with van der Waals surface area (Å²) in [5.41, 5.74) is 0.280. The Morgan fingerprint density at radius 1 is 1.38 bits per heavy atom. The van der Waals surface area contributed by atoms with Gasteiger partial charge in [0, 0.05) is 10.0 Å². The molecule has 0 amide bonds. The fraction of sp³-hybridized carbons (Fsp3) is 0.500. The van der Waals surface area contributed by atoms with E-state index in [0.717, 1.165) is 12.8 Å². The molecule has 1 N–H and O–H groups in total. The zero-order chi connectivity index (χ0) is 12.3. The van der Waals surface area contributed by atoms with Crippen LogP contribution in [0, 0.1) is 11.7 Å². The lowest BCUT2D eigenvalue weighted by atomic mass is 9.91. The number of aliphatic hydroxyl groups is 1. The van der Waals surface area contributed by atoms with Gasteiger partial charge in [-0.2, -0.15) is 0 Å². The predicted molar refractivity (Wildman–Crippen MR) is 68.1 cm³/mol. The fourth-order valence-corrected chi connectivity index (χ4v) is 2.24. The summed E-state index contributed by atoms with van der Waals surface area (Å²) in [6.07, 6.45) is 0.830. The Morgan fingerprint density at radius 3 is 2.44 bits per heavy atom. The highest BCUT2D eigenvalue weighted by Crippen LogP contribution is 2.34. The lowest BCUT2D eigenvalue weighted by molar-refractivity contribution is 0.0996. The predicted octanol–water partition coefficient (Wildman–Crippen LogP) is 4.71. The summed E-state index contributed by atoms with van der Waals surface area (Å²) < 4.78 is 14.3. The van der Waals surface area contributed by atoms with E-state index < -0.39 is 11.9 Å². The Morgan fingerprint density at radius 2 is 1.94 bits per heavy atom. The second-order valence-electron chi connectivity index (χ2n) is 3.79. The van der Waals surface area contributed by atoms with Crippen molar-refractivity contribution in [1.29, 1.82) is 0 Å². The van der Waals surface area contributed by atoms with Crippen LogP contribution < -0.4 is 0 Å². The van der Waals surface area contributed by atoms with Gasteiger partial charge in [0.2, 0.25) is 0 Å². The molecule has 0 saturated carbocycles. The van der Waals surface area contributed by atoms with Crippen molar-refractivity contribution in [2.45, 2.75) is 32.8 Å². The topological polar surface area (TPSA) is 20.2 Å². The average Bonchev–Trinajstić information content (AvgIpc) is 2.27. The van der Waals surface area contributed by atoms with Crippen LogP contribution in [-0.2, 0) is 0 Å². The van der Waals surface area contributed by atoms with Crippen molar-refractivity contribution in [3.05, 3.63) is 33.0 Å². The molecule has 1 aromatic carbocycles. The molecule has 1 nitrogen and oxygen atoms in total. The first-order valence-corrected chi connectivity index (χ1v) is 6.51. The van der Waals surface area contributed by atoms with Crippen molar-refractivity contribution in [1.82, 2.24) is 0 Å². The van der Waals surface area contributed by atoms with E-state index in [0.29, 0.717) is 4.47 Å². The molecule has 0 radical (unpaired) electrons. The molecule has 1 unspecified atom stereocenters. The molecule has 0 saturated heterocycles. The minimum atomic E-state index is -0.791. The van der Waals surface area contributed by atoms with Crippen LogP contribution in [0.4, 0.5) is 4.39 Å². The normalized spacial score (nSPS) is 13.2. The van der Waals surface area contributed by atoms with E-state index in [-0.39, 0.29) is 16.5 Å². The van der Waals surface area contributed by atoms with Crippen molar-refractivity contribution < 1.29 is 9.50 Å². The number of hydrogen-bond acceptors (Lipinski definition) is 1. The van der Waals surface area contributed by atoms with E-state index in [1.54, 1.807) is 12.1 Å². The Kier molecular flexibility index (Phi) is 5.22. The molecule has 0 aliphatic heterocycles. The second-order valence-corrected chi connectivity index (χ2v) is 5.02. The molecule has 0 bridgehead atoms. The smallest absolute Gasteiger partial charge is 0.148 e. The van der Waals surface area contributed by atoms with E-state index in [1.807, 2.05) is 13.8 Å². The summed E-state index contributed by atoms with van der Waals surface area (Å²) in [7, 11) is 0. The minimum Gasteiger partial charge on any atom is -0.388 e. The largest absolute Gasteiger partial charge is 0.388 e. The van der Waals surface area contributed by atoms with Gasteiger partial charge in [-0.15, -0.1) is 0 Å². The average molecular weight is 310 g/mol. The molecule has 0 spiro atoms. The highest BCUT2D eigenvalue weighted by Gasteiger charge is 2.22. The highest BCUT2D eigenvalue weighted by molar-refractivity contribution is 9.10. The van der Waals surface area contributed by atoms with Crippen LogP contribution in [0.1, 0.15) is 38.4 Å². The molecule has 90 valence electrons. The van der Waals surface area contributed by atoms with Crippen LogP contribution in [-0.4, -0.2) is 5.11 Å². The molecule has 1 atom stereocenters. The van der Waals surface area contributed by atoms with Gasteiger partial charge < -0.3 is 5.11 Å². The first-order chi connectivity index (χ1) is 7.52. The maximum absolute atomic E-state index is 13.8. The van der Waals surface area contributed by atoms with Crippen LogP contribution in [0.15, 0.2) is 16.6 Å². The molecule has 0 aliphatic carbocycles. The van der Waals surface area contributed by atoms with Gasteiger partial charge in [0.25, 0.3) is 0 Å². The van der Waals surface area contributed by atoms with Crippen LogP contribution >= 0.6 is 27.5 Å². The molecular formula is C12H15BrClFO. The lowest BCUT2D eigenvalue weighted by Gasteiger charge is -2.21. The van der Waals surface area contributed by atoms with Gasteiger partial charge in [0.1, 0.15) is 5.82 Å². The van der Waals surface area contributed by atoms with Gasteiger partial charge in [-0.05, 0) is 27.9 Å². The summed E-state index contributed by atoms with van der Waals surface area (Å²) in [6, 6.07) is 3.24. The van der Waals surface area contributed by atoms with Crippen LogP contribution in [0.5, 0.6) is 0 Å². The summed E-state index contributed by atoms with van der Waals surface area (Å²) in [4.78, 5) is 0. The van der Waals surface area contributed by atoms with Gasteiger partial charge in [-0.1, -0.05) is 44.4 Å². The standard InChI is InChI=1S/C12H15BrClFO/c1-3-7(4-2)12(16)8-5-6-9(13)10(14)11(8)15/h5-7,12,16H,3-4H2,1-2H3. The fourth-order valence-electron chi connectivity index (χ4n) is 1.76. The number of rotatable bonds is 4. The molecule has 1 rings (SSSR count). The molecular weight excluding hydrogens is 294 g/mol. The summed E-state index contributed by atoms with van der Waals surface area (Å²) in [5.74, 6) is -0.470. The Hall–Kier alpha value is -0.120. The zero-order valence-corrected chi connectivity index (χ0v) is 11.6. The van der Waals surface area contributed by atoms with Crippen LogP contribution in [0.2, 0.25) is 5.02 Å². The van der Waals surface area contributed by atoms with Crippen molar-refractivity contribution in [2.75, 3.05) is 0 Å². The van der Waals surface area contributed by atoms with E-state index in [2.05, 4.69) is 15.9 Å². The molecule has 4 heteroatoms. The van der Waals surface area contributed by atoms with Gasteiger partial charge in [0.05, 0.1) is 11.1 Å². The number of benzene rings is 1. The molecule has 1 aromatic rings. The Bertz CT molecular complexity index is 366. The Labute approximate surface area is 109 Å². The van der Waals surface area contributed by atoms with Crippen molar-refractivity contribution in [3.8, 4) is 0 Å². The first-order valence-electron chi connectivity index (χ1n) is 5.34. The lowest BCUT2D eigenvalue weighted by Crippen LogP contribution is -2.12. The third-order valence-corrected chi connectivity index (χ3v) is 4.14. The van der Waals surface area contributed by atoms with Crippen molar-refractivity contribution in [2.24, 2.45) is 5.92 Å². The van der Waals surface area contributed by atoms with E-state index >= 15 is 0 Å². The van der Waals surface area contributed by atoms with Gasteiger partial charge in [-0.25, -0.2) is 4.39 Å². The number of hydrogen-bond donors (Lipinski definition) is 1. The van der Waals surface area contributed by atoms with E-state index in [4.69, 9.17) is 11.6 Å². The van der Waals surface area contributed by atoms with Gasteiger partial charge >= 0.3 is 0 Å². The van der Waals surface area contributed by atoms with Crippen molar-refractivity contribution >= 4 is 27.5 Å². The van der Waals surface area contributed by atoms with Gasteiger partial charge in [0.15, 0.2) is 0 Å². The monoisotopic (exact) mass is 308 g/mol. The van der Waals surface area contributed by atoms with E-state index in [9.17, 15) is 9.50 Å². The molecule has 0 aromatic heterocycles. The quantitative estimate of drug-likeness (QED) is 0.799. The number of halogens is 3. The summed E-state index contributed by atoms with van der Waals surface area (Å²) >= 11 is 8.93. The zero-order valence-electron chi connectivity index (χ0n) is 9.30. The third-order valence-electron chi connectivity index (χ3n) is 2.88. The van der Waals surface area contributed by atoms with Crippen LogP contribution in [0.25, 0.3) is 0 Å². The molecule has 16 heavy (non-hydrogen) atoms. The summed E-state index contributed by atoms with van der Waals surface area (Å²) in [5, 5.41) is 10.1. The summed E-state index contributed by atoms with van der Waals surface area (Å²) in [6.45, 7) is 3.96. The minimum absolute atomic E-state index is 0.0301. The maximum atomic E-state index is 13.8. The SMILES string of the molecule is CCC(CC)C(O)c1ccc(Br)c(Cl)c1F.